The molecule has 0 aromatic carbocycles. The van der Waals surface area contributed by atoms with Gasteiger partial charge in [0.2, 0.25) is 0 Å². The molecule has 1 fully saturated rings. The van der Waals surface area contributed by atoms with E-state index < -0.39 is 23.3 Å². The third-order valence-corrected chi connectivity index (χ3v) is 3.96. The molecule has 0 saturated carbocycles. The van der Waals surface area contributed by atoms with Gasteiger partial charge in [-0.05, 0) is 39.3 Å². The SMILES string of the molecule is Cc1cc(C(=O)O)cnc1C1(F)CCN(C(=O)OC(C)(C)C)CC1. The summed E-state index contributed by atoms with van der Waals surface area (Å²) in [5, 5.41) is 8.97. The molecule has 1 amide bonds. The van der Waals surface area contributed by atoms with E-state index in [2.05, 4.69) is 4.98 Å². The van der Waals surface area contributed by atoms with Crippen LogP contribution in [0, 0.1) is 6.92 Å². The Morgan fingerprint density at radius 3 is 2.38 bits per heavy atom. The molecule has 0 radical (unpaired) electrons. The van der Waals surface area contributed by atoms with E-state index >= 15 is 4.39 Å². The fourth-order valence-corrected chi connectivity index (χ4v) is 2.77. The zero-order valence-electron chi connectivity index (χ0n) is 14.4. The van der Waals surface area contributed by atoms with Gasteiger partial charge in [-0.2, -0.15) is 0 Å². The number of carbonyl (C=O) groups is 2. The van der Waals surface area contributed by atoms with E-state index in [1.54, 1.807) is 27.7 Å². The Labute approximate surface area is 140 Å². The van der Waals surface area contributed by atoms with Crippen LogP contribution < -0.4 is 0 Å². The van der Waals surface area contributed by atoms with E-state index in [0.29, 0.717) is 5.56 Å². The summed E-state index contributed by atoms with van der Waals surface area (Å²) in [6.45, 7) is 7.46. The first-order valence-corrected chi connectivity index (χ1v) is 7.89. The zero-order chi connectivity index (χ0) is 18.1. The maximum Gasteiger partial charge on any atom is 0.410 e. The van der Waals surface area contributed by atoms with Crippen molar-refractivity contribution in [1.29, 1.82) is 0 Å². The number of ether oxygens (including phenoxy) is 1. The minimum absolute atomic E-state index is 0.0334. The third kappa shape index (κ3) is 4.01. The minimum atomic E-state index is -1.67. The van der Waals surface area contributed by atoms with E-state index in [0.717, 1.165) is 0 Å². The Morgan fingerprint density at radius 2 is 1.92 bits per heavy atom. The van der Waals surface area contributed by atoms with Crippen LogP contribution in [0.5, 0.6) is 0 Å². The van der Waals surface area contributed by atoms with Crippen LogP contribution in [-0.2, 0) is 10.4 Å². The number of aromatic nitrogens is 1. The molecule has 2 rings (SSSR count). The number of halogens is 1. The lowest BCUT2D eigenvalue weighted by molar-refractivity contribution is 0.00108. The van der Waals surface area contributed by atoms with Crippen LogP contribution >= 0.6 is 0 Å². The summed E-state index contributed by atoms with van der Waals surface area (Å²) in [6.07, 6.45) is 0.932. The van der Waals surface area contributed by atoms with Crippen molar-refractivity contribution < 1.29 is 23.8 Å². The van der Waals surface area contributed by atoms with Crippen molar-refractivity contribution in [2.45, 2.75) is 51.8 Å². The number of carboxylic acid groups (broad SMARTS) is 1. The highest BCUT2D eigenvalue weighted by Gasteiger charge is 2.40. The van der Waals surface area contributed by atoms with Gasteiger partial charge in [-0.25, -0.2) is 14.0 Å². The maximum absolute atomic E-state index is 15.3. The molecular formula is C17H23FN2O4. The number of rotatable bonds is 2. The quantitative estimate of drug-likeness (QED) is 0.895. The van der Waals surface area contributed by atoms with Gasteiger partial charge in [0.1, 0.15) is 5.60 Å². The molecule has 0 spiro atoms. The second-order valence-corrected chi connectivity index (χ2v) is 7.13. The smallest absolute Gasteiger partial charge is 0.410 e. The van der Waals surface area contributed by atoms with E-state index in [1.165, 1.54) is 17.2 Å². The summed E-state index contributed by atoms with van der Waals surface area (Å²) < 4.78 is 20.6. The molecule has 1 aliphatic heterocycles. The first-order chi connectivity index (χ1) is 11.0. The van der Waals surface area contributed by atoms with Crippen molar-refractivity contribution in [3.63, 3.8) is 0 Å². The van der Waals surface area contributed by atoms with Gasteiger partial charge >= 0.3 is 12.1 Å². The number of amides is 1. The van der Waals surface area contributed by atoms with Crippen LogP contribution in [-0.4, -0.2) is 45.7 Å². The van der Waals surface area contributed by atoms with Gasteiger partial charge < -0.3 is 14.7 Å². The fourth-order valence-electron chi connectivity index (χ4n) is 2.77. The highest BCUT2D eigenvalue weighted by atomic mass is 19.1. The zero-order valence-corrected chi connectivity index (χ0v) is 14.4. The Morgan fingerprint density at radius 1 is 1.33 bits per heavy atom. The summed E-state index contributed by atoms with van der Waals surface area (Å²) in [5.74, 6) is -1.09. The minimum Gasteiger partial charge on any atom is -0.478 e. The van der Waals surface area contributed by atoms with Crippen LogP contribution in [0.25, 0.3) is 0 Å². The molecule has 1 aromatic heterocycles. The van der Waals surface area contributed by atoms with Gasteiger partial charge in [-0.1, -0.05) is 0 Å². The second-order valence-electron chi connectivity index (χ2n) is 7.13. The van der Waals surface area contributed by atoms with E-state index in [-0.39, 0.29) is 37.2 Å². The fraction of sp³-hybridized carbons (Fsp3) is 0.588. The number of pyridine rings is 1. The average Bonchev–Trinajstić information content (AvgIpc) is 2.45. The van der Waals surface area contributed by atoms with Crippen LogP contribution in [0.15, 0.2) is 12.3 Å². The topological polar surface area (TPSA) is 79.7 Å². The van der Waals surface area contributed by atoms with Crippen LogP contribution in [0.3, 0.4) is 0 Å². The number of likely N-dealkylation sites (tertiary alicyclic amines) is 1. The summed E-state index contributed by atoms with van der Waals surface area (Å²) >= 11 is 0. The molecule has 0 bridgehead atoms. The molecule has 0 unspecified atom stereocenters. The van der Waals surface area contributed by atoms with Crippen molar-refractivity contribution >= 4 is 12.1 Å². The monoisotopic (exact) mass is 338 g/mol. The number of aromatic carboxylic acids is 1. The molecule has 6 nitrogen and oxygen atoms in total. The number of alkyl halides is 1. The maximum atomic E-state index is 15.3. The van der Waals surface area contributed by atoms with Crippen LogP contribution in [0.2, 0.25) is 0 Å². The Kier molecular flexibility index (Phi) is 4.82. The van der Waals surface area contributed by atoms with Gasteiger partial charge in [0.05, 0.1) is 11.3 Å². The van der Waals surface area contributed by atoms with Crippen LogP contribution in [0.1, 0.15) is 55.2 Å². The highest BCUT2D eigenvalue weighted by Crippen LogP contribution is 2.37. The lowest BCUT2D eigenvalue weighted by atomic mass is 9.87. The van der Waals surface area contributed by atoms with Gasteiger partial charge in [0.25, 0.3) is 0 Å². The molecule has 1 aliphatic rings. The summed E-state index contributed by atoms with van der Waals surface area (Å²) in [7, 11) is 0. The second kappa shape index (κ2) is 6.37. The Balaban J connectivity index is 2.10. The number of carboxylic acids is 1. The first-order valence-electron chi connectivity index (χ1n) is 7.89. The highest BCUT2D eigenvalue weighted by molar-refractivity contribution is 5.87. The summed E-state index contributed by atoms with van der Waals surface area (Å²) in [6, 6.07) is 1.42. The van der Waals surface area contributed by atoms with Gasteiger partial charge in [-0.15, -0.1) is 0 Å². The number of nitrogens with zero attached hydrogens (tertiary/aromatic N) is 2. The molecular weight excluding hydrogens is 315 g/mol. The predicted octanol–water partition coefficient (Wildman–Crippen LogP) is 3.28. The molecule has 0 aliphatic carbocycles. The molecule has 1 N–H and O–H groups in total. The van der Waals surface area contributed by atoms with Crippen molar-refractivity contribution in [3.05, 3.63) is 29.1 Å². The van der Waals surface area contributed by atoms with E-state index in [4.69, 9.17) is 9.84 Å². The standard InChI is InChI=1S/C17H23FN2O4/c1-11-9-12(14(21)22)10-19-13(11)17(18)5-7-20(8-6-17)15(23)24-16(2,3)4/h9-10H,5-8H2,1-4H3,(H,21,22). The number of hydrogen-bond donors (Lipinski definition) is 1. The first kappa shape index (κ1) is 18.2. The number of aryl methyl sites for hydroxylation is 1. The van der Waals surface area contributed by atoms with Crippen molar-refractivity contribution in [2.24, 2.45) is 0 Å². The third-order valence-electron chi connectivity index (χ3n) is 3.96. The summed E-state index contributed by atoms with van der Waals surface area (Å²) in [4.78, 5) is 28.5. The summed E-state index contributed by atoms with van der Waals surface area (Å²) in [5.41, 5.74) is -1.48. The van der Waals surface area contributed by atoms with Gasteiger partial charge in [0.15, 0.2) is 5.67 Å². The average molecular weight is 338 g/mol. The lowest BCUT2D eigenvalue weighted by Crippen LogP contribution is -2.45. The van der Waals surface area contributed by atoms with Gasteiger partial charge in [0, 0.05) is 32.1 Å². The molecule has 1 saturated heterocycles. The molecule has 0 atom stereocenters. The van der Waals surface area contributed by atoms with Crippen LogP contribution in [0.4, 0.5) is 9.18 Å². The van der Waals surface area contributed by atoms with Crippen molar-refractivity contribution in [1.82, 2.24) is 9.88 Å². The molecule has 132 valence electrons. The normalized spacial score (nSPS) is 17.5. The molecule has 2 heterocycles. The number of hydrogen-bond acceptors (Lipinski definition) is 4. The molecule has 7 heteroatoms. The number of piperidine rings is 1. The molecule has 24 heavy (non-hydrogen) atoms. The lowest BCUT2D eigenvalue weighted by Gasteiger charge is -2.37. The predicted molar refractivity (Wildman–Crippen MR) is 85.8 cm³/mol. The van der Waals surface area contributed by atoms with Crippen molar-refractivity contribution in [3.8, 4) is 0 Å². The number of carbonyl (C=O) groups excluding carboxylic acids is 1. The van der Waals surface area contributed by atoms with Gasteiger partial charge in [-0.3, -0.25) is 4.98 Å². The molecule has 1 aromatic rings. The largest absolute Gasteiger partial charge is 0.478 e. The van der Waals surface area contributed by atoms with Crippen molar-refractivity contribution in [2.75, 3.05) is 13.1 Å². The Bertz CT molecular complexity index is 646. The Hall–Kier alpha value is -2.18. The van der Waals surface area contributed by atoms with E-state index in [9.17, 15) is 9.59 Å². The van der Waals surface area contributed by atoms with E-state index in [1.807, 2.05) is 0 Å².